The Hall–Kier alpha value is -1.59. The van der Waals surface area contributed by atoms with E-state index in [9.17, 15) is 4.79 Å². The maximum absolute atomic E-state index is 11.5. The Morgan fingerprint density at radius 3 is 2.50 bits per heavy atom. The third kappa shape index (κ3) is 4.51. The fourth-order valence-corrected chi connectivity index (χ4v) is 2.41. The summed E-state index contributed by atoms with van der Waals surface area (Å²) in [5.74, 6) is 0.0181. The Bertz CT molecular complexity index is 403. The zero-order valence-corrected chi connectivity index (χ0v) is 11.8. The summed E-state index contributed by atoms with van der Waals surface area (Å²) in [6.45, 7) is 5.12. The fourth-order valence-electron chi connectivity index (χ4n) is 2.41. The number of benzene rings is 1. The minimum absolute atomic E-state index is 0.00148. The summed E-state index contributed by atoms with van der Waals surface area (Å²) in [4.78, 5) is 16.2. The predicted molar refractivity (Wildman–Crippen MR) is 79.8 cm³/mol. The first-order chi connectivity index (χ1) is 9.79. The van der Waals surface area contributed by atoms with Gasteiger partial charge in [-0.15, -0.1) is 0 Å². The molecule has 0 bridgehead atoms. The van der Waals surface area contributed by atoms with E-state index in [1.807, 2.05) is 6.07 Å². The van der Waals surface area contributed by atoms with Crippen LogP contribution >= 0.6 is 0 Å². The van der Waals surface area contributed by atoms with Gasteiger partial charge in [0.15, 0.2) is 0 Å². The van der Waals surface area contributed by atoms with E-state index in [2.05, 4.69) is 39.4 Å². The van der Waals surface area contributed by atoms with Gasteiger partial charge in [-0.3, -0.25) is 9.69 Å². The van der Waals surface area contributed by atoms with Crippen molar-refractivity contribution in [1.29, 1.82) is 0 Å². The molecule has 0 spiro atoms. The van der Waals surface area contributed by atoms with Gasteiger partial charge in [0.25, 0.3) is 0 Å². The summed E-state index contributed by atoms with van der Waals surface area (Å²) in [6.07, 6.45) is 0.505. The molecule has 0 atom stereocenters. The molecule has 0 radical (unpaired) electrons. The number of para-hydroxylation sites is 1. The Labute approximate surface area is 120 Å². The summed E-state index contributed by atoms with van der Waals surface area (Å²) in [5.41, 5.74) is 1.27. The van der Waals surface area contributed by atoms with Gasteiger partial charge in [0.2, 0.25) is 5.91 Å². The van der Waals surface area contributed by atoms with Gasteiger partial charge in [-0.05, 0) is 12.1 Å². The molecule has 1 fully saturated rings. The fraction of sp³-hybridized carbons (Fsp3) is 0.533. The predicted octanol–water partition coefficient (Wildman–Crippen LogP) is 0.307. The second kappa shape index (κ2) is 7.87. The smallest absolute Gasteiger partial charge is 0.221 e. The molecule has 0 aliphatic carbocycles. The van der Waals surface area contributed by atoms with E-state index in [0.29, 0.717) is 13.0 Å². The van der Waals surface area contributed by atoms with Gasteiger partial charge in [0, 0.05) is 51.4 Å². The number of amides is 1. The topological polar surface area (TPSA) is 55.8 Å². The zero-order valence-electron chi connectivity index (χ0n) is 11.8. The molecular formula is C15H23N3O2. The average molecular weight is 277 g/mol. The molecule has 1 aromatic carbocycles. The number of rotatable bonds is 6. The highest BCUT2D eigenvalue weighted by atomic mass is 16.3. The van der Waals surface area contributed by atoms with Crippen LogP contribution in [0.1, 0.15) is 6.42 Å². The Kier molecular flexibility index (Phi) is 5.83. The van der Waals surface area contributed by atoms with Gasteiger partial charge in [-0.2, -0.15) is 0 Å². The van der Waals surface area contributed by atoms with E-state index >= 15 is 0 Å². The van der Waals surface area contributed by atoms with Crippen molar-refractivity contribution in [1.82, 2.24) is 10.2 Å². The number of piperazine rings is 1. The largest absolute Gasteiger partial charge is 0.395 e. The van der Waals surface area contributed by atoms with Crippen molar-refractivity contribution in [2.45, 2.75) is 6.42 Å². The molecule has 1 aromatic rings. The minimum atomic E-state index is 0.00148. The van der Waals surface area contributed by atoms with Gasteiger partial charge in [0.1, 0.15) is 0 Å². The second-order valence-electron chi connectivity index (χ2n) is 4.99. The number of anilines is 1. The van der Waals surface area contributed by atoms with Gasteiger partial charge in [-0.25, -0.2) is 0 Å². The molecule has 1 saturated heterocycles. The number of hydrogen-bond acceptors (Lipinski definition) is 4. The third-order valence-corrected chi connectivity index (χ3v) is 3.58. The Morgan fingerprint density at radius 2 is 1.85 bits per heavy atom. The summed E-state index contributed by atoms with van der Waals surface area (Å²) in [7, 11) is 0. The van der Waals surface area contributed by atoms with Crippen molar-refractivity contribution in [3.8, 4) is 0 Å². The van der Waals surface area contributed by atoms with E-state index in [0.717, 1.165) is 32.7 Å². The summed E-state index contributed by atoms with van der Waals surface area (Å²) < 4.78 is 0. The number of hydrogen-bond donors (Lipinski definition) is 2. The van der Waals surface area contributed by atoms with Crippen LogP contribution in [0.3, 0.4) is 0 Å². The lowest BCUT2D eigenvalue weighted by atomic mass is 10.2. The van der Waals surface area contributed by atoms with Crippen LogP contribution in [0.25, 0.3) is 0 Å². The third-order valence-electron chi connectivity index (χ3n) is 3.58. The number of nitrogens with zero attached hydrogens (tertiary/aromatic N) is 2. The van der Waals surface area contributed by atoms with Crippen LogP contribution in [-0.4, -0.2) is 61.8 Å². The van der Waals surface area contributed by atoms with E-state index in [1.165, 1.54) is 5.69 Å². The number of aliphatic hydroxyl groups excluding tert-OH is 1. The highest BCUT2D eigenvalue weighted by molar-refractivity contribution is 5.76. The first-order valence-electron chi connectivity index (χ1n) is 7.19. The summed E-state index contributed by atoms with van der Waals surface area (Å²) in [6, 6.07) is 10.4. The lowest BCUT2D eigenvalue weighted by molar-refractivity contribution is -0.121. The molecule has 1 aliphatic rings. The molecule has 5 heteroatoms. The van der Waals surface area contributed by atoms with E-state index in [4.69, 9.17) is 5.11 Å². The SMILES string of the molecule is O=C(CCN1CCN(c2ccccc2)CC1)NCCO. The van der Waals surface area contributed by atoms with Crippen molar-refractivity contribution in [3.05, 3.63) is 30.3 Å². The molecule has 2 N–H and O–H groups in total. The van der Waals surface area contributed by atoms with Crippen LogP contribution in [0.4, 0.5) is 5.69 Å². The van der Waals surface area contributed by atoms with Gasteiger partial charge in [-0.1, -0.05) is 18.2 Å². The summed E-state index contributed by atoms with van der Waals surface area (Å²) >= 11 is 0. The normalized spacial score (nSPS) is 16.1. The monoisotopic (exact) mass is 277 g/mol. The lowest BCUT2D eigenvalue weighted by Crippen LogP contribution is -2.47. The molecule has 5 nitrogen and oxygen atoms in total. The maximum Gasteiger partial charge on any atom is 0.221 e. The Morgan fingerprint density at radius 1 is 1.15 bits per heavy atom. The van der Waals surface area contributed by atoms with Crippen LogP contribution in [-0.2, 0) is 4.79 Å². The highest BCUT2D eigenvalue weighted by Gasteiger charge is 2.17. The first kappa shape index (κ1) is 14.8. The van der Waals surface area contributed by atoms with E-state index < -0.39 is 0 Å². The van der Waals surface area contributed by atoms with Crippen LogP contribution in [0.5, 0.6) is 0 Å². The van der Waals surface area contributed by atoms with Crippen molar-refractivity contribution in [2.75, 3.05) is 50.8 Å². The quantitative estimate of drug-likeness (QED) is 0.786. The van der Waals surface area contributed by atoms with Crippen LogP contribution in [0.2, 0.25) is 0 Å². The molecule has 0 saturated carbocycles. The molecule has 1 heterocycles. The van der Waals surface area contributed by atoms with Crippen LogP contribution < -0.4 is 10.2 Å². The van der Waals surface area contributed by atoms with Gasteiger partial charge in [0.05, 0.1) is 6.61 Å². The molecular weight excluding hydrogens is 254 g/mol. The molecule has 0 aromatic heterocycles. The second-order valence-corrected chi connectivity index (χ2v) is 4.99. The Balaban J connectivity index is 1.68. The minimum Gasteiger partial charge on any atom is -0.395 e. The molecule has 20 heavy (non-hydrogen) atoms. The average Bonchev–Trinajstić information content (AvgIpc) is 2.52. The number of nitrogens with one attached hydrogen (secondary N) is 1. The molecule has 110 valence electrons. The van der Waals surface area contributed by atoms with E-state index in [1.54, 1.807) is 0 Å². The van der Waals surface area contributed by atoms with Gasteiger partial charge >= 0.3 is 0 Å². The standard InChI is InChI=1S/C15H23N3O2/c19-13-7-16-15(20)6-8-17-9-11-18(12-10-17)14-4-2-1-3-5-14/h1-5,19H,6-13H2,(H,16,20). The van der Waals surface area contributed by atoms with Crippen molar-refractivity contribution >= 4 is 11.6 Å². The number of aliphatic hydroxyl groups is 1. The van der Waals surface area contributed by atoms with Crippen LogP contribution in [0, 0.1) is 0 Å². The van der Waals surface area contributed by atoms with E-state index in [-0.39, 0.29) is 12.5 Å². The first-order valence-corrected chi connectivity index (χ1v) is 7.19. The zero-order chi connectivity index (χ0) is 14.2. The highest BCUT2D eigenvalue weighted by Crippen LogP contribution is 2.15. The lowest BCUT2D eigenvalue weighted by Gasteiger charge is -2.36. The molecule has 0 unspecified atom stereocenters. The summed E-state index contributed by atoms with van der Waals surface area (Å²) in [5, 5.41) is 11.3. The van der Waals surface area contributed by atoms with Crippen molar-refractivity contribution < 1.29 is 9.90 Å². The molecule has 1 aliphatic heterocycles. The molecule has 2 rings (SSSR count). The number of carbonyl (C=O) groups is 1. The van der Waals surface area contributed by atoms with Crippen LogP contribution in [0.15, 0.2) is 30.3 Å². The number of carbonyl (C=O) groups excluding carboxylic acids is 1. The van der Waals surface area contributed by atoms with Crippen molar-refractivity contribution in [3.63, 3.8) is 0 Å². The van der Waals surface area contributed by atoms with Gasteiger partial charge < -0.3 is 15.3 Å². The molecule has 1 amide bonds. The maximum atomic E-state index is 11.5. The van der Waals surface area contributed by atoms with Crippen molar-refractivity contribution in [2.24, 2.45) is 0 Å².